The Labute approximate surface area is 119 Å². The van der Waals surface area contributed by atoms with Crippen LogP contribution in [0.1, 0.15) is 18.4 Å². The van der Waals surface area contributed by atoms with Gasteiger partial charge in [-0.1, -0.05) is 0 Å². The lowest BCUT2D eigenvalue weighted by atomic mass is 10.2. The highest BCUT2D eigenvalue weighted by atomic mass is 32.2. The highest BCUT2D eigenvalue weighted by Gasteiger charge is 2.39. The van der Waals surface area contributed by atoms with Crippen molar-refractivity contribution < 1.29 is 18.3 Å². The van der Waals surface area contributed by atoms with Gasteiger partial charge in [-0.2, -0.15) is 4.31 Å². The summed E-state index contributed by atoms with van der Waals surface area (Å²) in [6.07, 6.45) is 1.64. The first kappa shape index (κ1) is 15.1. The van der Waals surface area contributed by atoms with Crippen LogP contribution in [0.5, 0.6) is 5.75 Å². The van der Waals surface area contributed by atoms with E-state index in [0.717, 1.165) is 18.4 Å². The third-order valence-corrected chi connectivity index (χ3v) is 5.39. The average Bonchev–Trinajstić information content (AvgIpc) is 3.22. The molecule has 1 aliphatic rings. The Morgan fingerprint density at radius 2 is 2.10 bits per heavy atom. The predicted octanol–water partition coefficient (Wildman–Crippen LogP) is 0.731. The lowest BCUT2D eigenvalue weighted by Gasteiger charge is -2.22. The van der Waals surface area contributed by atoms with Crippen LogP contribution in [-0.4, -0.2) is 44.1 Å². The standard InChI is InChI=1S/C13H20N2O4S/c1-9-7-12(19-2)13(8-11(9)14)20(17,18)15(5-6-16)10-3-4-10/h7-8,10,16H,3-6,14H2,1-2H3. The van der Waals surface area contributed by atoms with Gasteiger partial charge in [-0.15, -0.1) is 0 Å². The van der Waals surface area contributed by atoms with Crippen LogP contribution in [0.25, 0.3) is 0 Å². The van der Waals surface area contributed by atoms with Crippen LogP contribution in [0.15, 0.2) is 17.0 Å². The lowest BCUT2D eigenvalue weighted by molar-refractivity contribution is 0.250. The number of aryl methyl sites for hydroxylation is 1. The van der Waals surface area contributed by atoms with Crippen LogP contribution in [0.4, 0.5) is 5.69 Å². The monoisotopic (exact) mass is 300 g/mol. The van der Waals surface area contributed by atoms with Crippen molar-refractivity contribution in [1.29, 1.82) is 0 Å². The number of benzene rings is 1. The Morgan fingerprint density at radius 3 is 2.60 bits per heavy atom. The molecule has 7 heteroatoms. The average molecular weight is 300 g/mol. The second-order valence-corrected chi connectivity index (χ2v) is 6.79. The van der Waals surface area contributed by atoms with E-state index in [4.69, 9.17) is 15.6 Å². The fourth-order valence-corrected chi connectivity index (χ4v) is 3.98. The van der Waals surface area contributed by atoms with E-state index in [1.165, 1.54) is 17.5 Å². The molecule has 0 aliphatic heterocycles. The van der Waals surface area contributed by atoms with Crippen molar-refractivity contribution in [2.45, 2.75) is 30.7 Å². The van der Waals surface area contributed by atoms with Gasteiger partial charge in [0.1, 0.15) is 10.6 Å². The number of ether oxygens (including phenoxy) is 1. The van der Waals surface area contributed by atoms with Crippen LogP contribution in [-0.2, 0) is 10.0 Å². The highest BCUT2D eigenvalue weighted by molar-refractivity contribution is 7.89. The van der Waals surface area contributed by atoms with Crippen molar-refractivity contribution in [3.63, 3.8) is 0 Å². The number of hydrogen-bond donors (Lipinski definition) is 2. The van der Waals surface area contributed by atoms with Gasteiger partial charge < -0.3 is 15.6 Å². The van der Waals surface area contributed by atoms with Crippen molar-refractivity contribution in [3.05, 3.63) is 17.7 Å². The summed E-state index contributed by atoms with van der Waals surface area (Å²) in [6, 6.07) is 3.02. The fraction of sp³-hybridized carbons (Fsp3) is 0.538. The molecular weight excluding hydrogens is 280 g/mol. The topological polar surface area (TPSA) is 92.9 Å². The van der Waals surface area contributed by atoms with E-state index in [9.17, 15) is 8.42 Å². The summed E-state index contributed by atoms with van der Waals surface area (Å²) in [5.74, 6) is 0.278. The molecule has 0 unspecified atom stereocenters. The number of nitrogens with two attached hydrogens (primary N) is 1. The van der Waals surface area contributed by atoms with Gasteiger partial charge in [-0.05, 0) is 37.5 Å². The van der Waals surface area contributed by atoms with Gasteiger partial charge in [0, 0.05) is 18.3 Å². The number of methoxy groups -OCH3 is 1. The molecule has 1 aromatic carbocycles. The molecule has 3 N–H and O–H groups in total. The Kier molecular flexibility index (Phi) is 4.22. The number of aliphatic hydroxyl groups is 1. The molecule has 1 aromatic rings. The molecule has 0 atom stereocenters. The number of nitrogen functional groups attached to an aromatic ring is 1. The summed E-state index contributed by atoms with van der Waals surface area (Å²) >= 11 is 0. The van der Waals surface area contributed by atoms with Crippen molar-refractivity contribution in [3.8, 4) is 5.75 Å². The summed E-state index contributed by atoms with van der Waals surface area (Å²) in [5.41, 5.74) is 6.99. The Balaban J connectivity index is 2.49. The van der Waals surface area contributed by atoms with E-state index in [1.54, 1.807) is 13.0 Å². The normalized spacial score (nSPS) is 15.6. The van der Waals surface area contributed by atoms with Crippen molar-refractivity contribution in [2.75, 3.05) is 26.0 Å². The SMILES string of the molecule is COc1cc(C)c(N)cc1S(=O)(=O)N(CCO)C1CC1. The molecule has 0 bridgehead atoms. The smallest absolute Gasteiger partial charge is 0.247 e. The fourth-order valence-electron chi connectivity index (χ4n) is 2.12. The zero-order valence-electron chi connectivity index (χ0n) is 11.7. The lowest BCUT2D eigenvalue weighted by Crippen LogP contribution is -2.35. The minimum atomic E-state index is -3.71. The Hall–Kier alpha value is -1.31. The summed E-state index contributed by atoms with van der Waals surface area (Å²) in [5, 5.41) is 9.09. The number of aliphatic hydroxyl groups excluding tert-OH is 1. The van der Waals surface area contributed by atoms with E-state index in [1.807, 2.05) is 0 Å². The molecule has 0 aromatic heterocycles. The van der Waals surface area contributed by atoms with Gasteiger partial charge in [0.15, 0.2) is 0 Å². The number of nitrogens with zero attached hydrogens (tertiary/aromatic N) is 1. The summed E-state index contributed by atoms with van der Waals surface area (Å²) in [4.78, 5) is 0.0587. The third kappa shape index (κ3) is 2.74. The number of sulfonamides is 1. The van der Waals surface area contributed by atoms with E-state index >= 15 is 0 Å². The van der Waals surface area contributed by atoms with Crippen LogP contribution < -0.4 is 10.5 Å². The quantitative estimate of drug-likeness (QED) is 0.756. The van der Waals surface area contributed by atoms with E-state index < -0.39 is 10.0 Å². The molecule has 6 nitrogen and oxygen atoms in total. The van der Waals surface area contributed by atoms with Gasteiger partial charge in [-0.25, -0.2) is 8.42 Å². The Morgan fingerprint density at radius 1 is 1.45 bits per heavy atom. The minimum absolute atomic E-state index is 0.0283. The summed E-state index contributed by atoms with van der Waals surface area (Å²) in [6.45, 7) is 1.67. The molecule has 1 fully saturated rings. The van der Waals surface area contributed by atoms with E-state index in [-0.39, 0.29) is 29.8 Å². The molecule has 0 spiro atoms. The van der Waals surface area contributed by atoms with E-state index in [2.05, 4.69) is 0 Å². The Bertz CT molecular complexity index is 597. The summed E-state index contributed by atoms with van der Waals surface area (Å²) < 4.78 is 32.0. The van der Waals surface area contributed by atoms with Crippen LogP contribution >= 0.6 is 0 Å². The highest BCUT2D eigenvalue weighted by Crippen LogP contribution is 2.36. The van der Waals surface area contributed by atoms with Gasteiger partial charge in [0.25, 0.3) is 0 Å². The van der Waals surface area contributed by atoms with Crippen molar-refractivity contribution in [2.24, 2.45) is 0 Å². The zero-order chi connectivity index (χ0) is 14.9. The molecule has 0 saturated heterocycles. The predicted molar refractivity (Wildman–Crippen MR) is 76.1 cm³/mol. The maximum Gasteiger partial charge on any atom is 0.247 e. The molecule has 20 heavy (non-hydrogen) atoms. The second-order valence-electron chi connectivity index (χ2n) is 4.93. The molecular formula is C13H20N2O4S. The number of rotatable bonds is 6. The zero-order valence-corrected chi connectivity index (χ0v) is 12.5. The first-order valence-electron chi connectivity index (χ1n) is 6.48. The van der Waals surface area contributed by atoms with Crippen molar-refractivity contribution in [1.82, 2.24) is 4.31 Å². The van der Waals surface area contributed by atoms with Crippen LogP contribution in [0, 0.1) is 6.92 Å². The van der Waals surface area contributed by atoms with Crippen molar-refractivity contribution >= 4 is 15.7 Å². The largest absolute Gasteiger partial charge is 0.495 e. The third-order valence-electron chi connectivity index (χ3n) is 3.41. The van der Waals surface area contributed by atoms with Gasteiger partial charge >= 0.3 is 0 Å². The van der Waals surface area contributed by atoms with Gasteiger partial charge in [0.2, 0.25) is 10.0 Å². The molecule has 0 heterocycles. The molecule has 112 valence electrons. The van der Waals surface area contributed by atoms with E-state index in [0.29, 0.717) is 5.69 Å². The molecule has 2 rings (SSSR count). The minimum Gasteiger partial charge on any atom is -0.495 e. The molecule has 0 radical (unpaired) electrons. The molecule has 1 saturated carbocycles. The first-order chi connectivity index (χ1) is 9.41. The van der Waals surface area contributed by atoms with Crippen LogP contribution in [0.3, 0.4) is 0 Å². The summed E-state index contributed by atoms with van der Waals surface area (Å²) in [7, 11) is -2.29. The maximum atomic E-state index is 12.7. The molecule has 1 aliphatic carbocycles. The first-order valence-corrected chi connectivity index (χ1v) is 7.92. The maximum absolute atomic E-state index is 12.7. The second kappa shape index (κ2) is 5.59. The number of hydrogen-bond acceptors (Lipinski definition) is 5. The van der Waals surface area contributed by atoms with Gasteiger partial charge in [-0.3, -0.25) is 0 Å². The van der Waals surface area contributed by atoms with Crippen LogP contribution in [0.2, 0.25) is 0 Å². The molecule has 0 amide bonds. The number of anilines is 1. The van der Waals surface area contributed by atoms with Gasteiger partial charge in [0.05, 0.1) is 13.7 Å².